The molecule has 2 N–H and O–H groups in total. The number of aromatic nitrogens is 2. The molecule has 1 atom stereocenters. The molecule has 1 aliphatic rings. The van der Waals surface area contributed by atoms with Crippen LogP contribution in [0, 0.1) is 0 Å². The number of hydrogen-bond acceptors (Lipinski definition) is 5. The van der Waals surface area contributed by atoms with Gasteiger partial charge >= 0.3 is 5.97 Å². The fourth-order valence-corrected chi connectivity index (χ4v) is 1.75. The molecule has 1 fully saturated rings. The third-order valence-corrected chi connectivity index (χ3v) is 2.51. The van der Waals surface area contributed by atoms with Crippen molar-refractivity contribution in [3.8, 4) is 0 Å². The summed E-state index contributed by atoms with van der Waals surface area (Å²) in [5, 5.41) is 11.9. The molecule has 6 heteroatoms. The third kappa shape index (κ3) is 1.92. The van der Waals surface area contributed by atoms with Crippen LogP contribution in [0.15, 0.2) is 12.4 Å². The maximum atomic E-state index is 11.9. The van der Waals surface area contributed by atoms with Crippen molar-refractivity contribution >= 4 is 11.8 Å². The molecule has 0 spiro atoms. The van der Waals surface area contributed by atoms with Crippen molar-refractivity contribution in [2.24, 2.45) is 0 Å². The second-order valence-corrected chi connectivity index (χ2v) is 3.57. The van der Waals surface area contributed by atoms with Crippen LogP contribution in [0.1, 0.15) is 33.8 Å². The topological polar surface area (TPSA) is 92.2 Å². The lowest BCUT2D eigenvalue weighted by molar-refractivity contribution is 0.0683. The Kier molecular flexibility index (Phi) is 2.91. The lowest BCUT2D eigenvalue weighted by atomic mass is 10.1. The van der Waals surface area contributed by atoms with Crippen LogP contribution in [0.5, 0.6) is 0 Å². The number of carboxylic acid groups (broad SMARTS) is 1. The molecule has 1 aliphatic heterocycles. The molecule has 2 rings (SSSR count). The first-order valence-electron chi connectivity index (χ1n) is 5.02. The fraction of sp³-hybridized carbons (Fsp3) is 0.400. The van der Waals surface area contributed by atoms with Crippen LogP contribution in [0.25, 0.3) is 0 Å². The van der Waals surface area contributed by atoms with E-state index in [0.717, 1.165) is 13.0 Å². The number of aromatic carboxylic acids is 1. The summed E-state index contributed by atoms with van der Waals surface area (Å²) in [5.74, 6) is -1.52. The molecule has 1 aromatic heterocycles. The van der Waals surface area contributed by atoms with Gasteiger partial charge in [0.15, 0.2) is 5.69 Å². The lowest BCUT2D eigenvalue weighted by Gasteiger charge is -2.09. The quantitative estimate of drug-likeness (QED) is 0.704. The van der Waals surface area contributed by atoms with Gasteiger partial charge < -0.3 is 10.4 Å². The fourth-order valence-electron chi connectivity index (χ4n) is 1.75. The lowest BCUT2D eigenvalue weighted by Crippen LogP contribution is -2.32. The van der Waals surface area contributed by atoms with E-state index < -0.39 is 5.97 Å². The van der Waals surface area contributed by atoms with E-state index in [-0.39, 0.29) is 23.2 Å². The second kappa shape index (κ2) is 4.36. The van der Waals surface area contributed by atoms with E-state index in [1.807, 2.05) is 0 Å². The number of hydrogen-bond donors (Lipinski definition) is 2. The van der Waals surface area contributed by atoms with Crippen LogP contribution in [0.3, 0.4) is 0 Å². The Labute approximate surface area is 91.7 Å². The highest BCUT2D eigenvalue weighted by Gasteiger charge is 2.28. The van der Waals surface area contributed by atoms with Gasteiger partial charge in [-0.3, -0.25) is 4.79 Å². The van der Waals surface area contributed by atoms with Gasteiger partial charge in [-0.2, -0.15) is 0 Å². The van der Waals surface area contributed by atoms with Crippen molar-refractivity contribution in [3.05, 3.63) is 23.8 Å². The van der Waals surface area contributed by atoms with Gasteiger partial charge in [0.25, 0.3) is 0 Å². The molecule has 1 saturated heterocycles. The Bertz CT molecular complexity index is 427. The summed E-state index contributed by atoms with van der Waals surface area (Å²) in [7, 11) is 0. The summed E-state index contributed by atoms with van der Waals surface area (Å²) in [5.41, 5.74) is -0.337. The van der Waals surface area contributed by atoms with Gasteiger partial charge in [-0.1, -0.05) is 0 Å². The SMILES string of the molecule is O=C(O)c1nccnc1C(=O)[C@@H]1CCCN1. The molecule has 0 aliphatic carbocycles. The molecular formula is C10H11N3O3. The Morgan fingerprint density at radius 3 is 2.56 bits per heavy atom. The van der Waals surface area contributed by atoms with Crippen molar-refractivity contribution in [1.82, 2.24) is 15.3 Å². The van der Waals surface area contributed by atoms with Gasteiger partial charge in [0.2, 0.25) is 5.78 Å². The number of carboxylic acids is 1. The van der Waals surface area contributed by atoms with E-state index >= 15 is 0 Å². The van der Waals surface area contributed by atoms with Crippen molar-refractivity contribution in [1.29, 1.82) is 0 Å². The molecule has 2 heterocycles. The van der Waals surface area contributed by atoms with Crippen molar-refractivity contribution in [3.63, 3.8) is 0 Å². The summed E-state index contributed by atoms with van der Waals surface area (Å²) in [4.78, 5) is 30.3. The predicted molar refractivity (Wildman–Crippen MR) is 54.3 cm³/mol. The van der Waals surface area contributed by atoms with Crippen LogP contribution < -0.4 is 5.32 Å². The average molecular weight is 221 g/mol. The second-order valence-electron chi connectivity index (χ2n) is 3.57. The molecule has 0 aromatic carbocycles. The minimum Gasteiger partial charge on any atom is -0.476 e. The number of ketones is 1. The predicted octanol–water partition coefficient (Wildman–Crippen LogP) is 0.109. The van der Waals surface area contributed by atoms with Gasteiger partial charge in [-0.25, -0.2) is 14.8 Å². The minimum atomic E-state index is -1.23. The van der Waals surface area contributed by atoms with Gasteiger partial charge in [0.05, 0.1) is 6.04 Å². The van der Waals surface area contributed by atoms with E-state index in [0.29, 0.717) is 6.42 Å². The first-order valence-corrected chi connectivity index (χ1v) is 5.02. The zero-order valence-electron chi connectivity index (χ0n) is 8.51. The van der Waals surface area contributed by atoms with E-state index in [2.05, 4.69) is 15.3 Å². The molecule has 0 unspecified atom stereocenters. The molecule has 16 heavy (non-hydrogen) atoms. The molecular weight excluding hydrogens is 210 g/mol. The molecule has 1 aromatic rings. The minimum absolute atomic E-state index is 0.0607. The summed E-state index contributed by atoms with van der Waals surface area (Å²) < 4.78 is 0. The largest absolute Gasteiger partial charge is 0.476 e. The zero-order chi connectivity index (χ0) is 11.5. The highest BCUT2D eigenvalue weighted by atomic mass is 16.4. The number of carbonyl (C=O) groups excluding carboxylic acids is 1. The van der Waals surface area contributed by atoms with E-state index in [1.54, 1.807) is 0 Å². The van der Waals surface area contributed by atoms with Gasteiger partial charge in [0, 0.05) is 12.4 Å². The number of nitrogens with one attached hydrogen (secondary N) is 1. The summed E-state index contributed by atoms with van der Waals surface area (Å²) in [6.07, 6.45) is 4.23. The summed E-state index contributed by atoms with van der Waals surface area (Å²) in [6, 6.07) is -0.324. The van der Waals surface area contributed by atoms with Crippen LogP contribution in [0.2, 0.25) is 0 Å². The summed E-state index contributed by atoms with van der Waals surface area (Å²) in [6.45, 7) is 0.777. The Morgan fingerprint density at radius 2 is 2.00 bits per heavy atom. The first-order chi connectivity index (χ1) is 7.70. The van der Waals surface area contributed by atoms with E-state index in [9.17, 15) is 9.59 Å². The van der Waals surface area contributed by atoms with Gasteiger partial charge in [0.1, 0.15) is 5.69 Å². The molecule has 0 bridgehead atoms. The van der Waals surface area contributed by atoms with Crippen molar-refractivity contribution in [2.45, 2.75) is 18.9 Å². The number of Topliss-reactive ketones (excluding diaryl/α,β-unsaturated/α-hetero) is 1. The van der Waals surface area contributed by atoms with Crippen LogP contribution in [0.4, 0.5) is 0 Å². The van der Waals surface area contributed by atoms with Gasteiger partial charge in [-0.15, -0.1) is 0 Å². The number of carbonyl (C=O) groups is 2. The van der Waals surface area contributed by atoms with Gasteiger partial charge in [-0.05, 0) is 19.4 Å². The standard InChI is InChI=1S/C10H11N3O3/c14-9(6-2-1-3-11-6)7-8(10(15)16)13-5-4-12-7/h4-6,11H,1-3H2,(H,15,16)/t6-/m0/s1. The first kappa shape index (κ1) is 10.7. The molecule has 0 saturated carbocycles. The number of nitrogens with zero attached hydrogens (tertiary/aromatic N) is 2. The number of rotatable bonds is 3. The van der Waals surface area contributed by atoms with E-state index in [1.165, 1.54) is 12.4 Å². The molecule has 0 radical (unpaired) electrons. The van der Waals surface area contributed by atoms with Crippen LogP contribution in [-0.2, 0) is 0 Å². The maximum absolute atomic E-state index is 11.9. The smallest absolute Gasteiger partial charge is 0.356 e. The van der Waals surface area contributed by atoms with Crippen LogP contribution >= 0.6 is 0 Å². The monoisotopic (exact) mass is 221 g/mol. The zero-order valence-corrected chi connectivity index (χ0v) is 8.51. The Morgan fingerprint density at radius 1 is 1.31 bits per heavy atom. The third-order valence-electron chi connectivity index (χ3n) is 2.51. The summed E-state index contributed by atoms with van der Waals surface area (Å²) >= 11 is 0. The Hall–Kier alpha value is -1.82. The molecule has 0 amide bonds. The average Bonchev–Trinajstić information content (AvgIpc) is 2.81. The van der Waals surface area contributed by atoms with Crippen LogP contribution in [-0.4, -0.2) is 39.4 Å². The Balaban J connectivity index is 2.32. The molecule has 6 nitrogen and oxygen atoms in total. The van der Waals surface area contributed by atoms with E-state index in [4.69, 9.17) is 5.11 Å². The normalized spacial score (nSPS) is 19.6. The van der Waals surface area contributed by atoms with Crippen molar-refractivity contribution in [2.75, 3.05) is 6.54 Å². The maximum Gasteiger partial charge on any atom is 0.356 e. The molecule has 84 valence electrons. The van der Waals surface area contributed by atoms with Crippen molar-refractivity contribution < 1.29 is 14.7 Å². The highest BCUT2D eigenvalue weighted by Crippen LogP contribution is 2.12. The highest BCUT2D eigenvalue weighted by molar-refractivity contribution is 6.05.